The SMILES string of the molecule is CS(=O)(=O)CCCCCC[N]C(=N)N. The van der Waals surface area contributed by atoms with Crippen molar-refractivity contribution in [1.29, 1.82) is 5.41 Å². The van der Waals surface area contributed by atoms with Gasteiger partial charge in [-0.2, -0.15) is 0 Å². The molecule has 0 aromatic rings. The molecule has 6 heteroatoms. The third-order valence-electron chi connectivity index (χ3n) is 1.71. The molecule has 0 aliphatic heterocycles. The smallest absolute Gasteiger partial charge is 0.207 e. The second kappa shape index (κ2) is 6.64. The van der Waals surface area contributed by atoms with Crippen molar-refractivity contribution in [3.8, 4) is 0 Å². The maximum absolute atomic E-state index is 10.7. The molecule has 0 rings (SSSR count). The van der Waals surface area contributed by atoms with Gasteiger partial charge in [-0.15, -0.1) is 0 Å². The number of nitrogens with two attached hydrogens (primary N) is 1. The van der Waals surface area contributed by atoms with Crippen LogP contribution >= 0.6 is 0 Å². The van der Waals surface area contributed by atoms with E-state index in [1.165, 1.54) is 6.26 Å². The van der Waals surface area contributed by atoms with Crippen LogP contribution in [-0.4, -0.2) is 32.9 Å². The first-order valence-electron chi connectivity index (χ1n) is 4.61. The minimum absolute atomic E-state index is 0.138. The van der Waals surface area contributed by atoms with Crippen LogP contribution in [-0.2, 0) is 9.84 Å². The topological polar surface area (TPSA) is 98.1 Å². The van der Waals surface area contributed by atoms with Crippen molar-refractivity contribution >= 4 is 15.8 Å². The summed E-state index contributed by atoms with van der Waals surface area (Å²) in [6.07, 6.45) is 4.65. The third-order valence-corrected chi connectivity index (χ3v) is 2.74. The molecule has 5 nitrogen and oxygen atoms in total. The van der Waals surface area contributed by atoms with Crippen molar-refractivity contribution in [2.24, 2.45) is 5.73 Å². The molecule has 0 spiro atoms. The van der Waals surface area contributed by atoms with Crippen molar-refractivity contribution in [3.63, 3.8) is 0 Å². The van der Waals surface area contributed by atoms with Gasteiger partial charge in [-0.05, 0) is 12.8 Å². The highest BCUT2D eigenvalue weighted by atomic mass is 32.2. The summed E-state index contributed by atoms with van der Waals surface area (Å²) in [7, 11) is -2.81. The zero-order valence-electron chi connectivity index (χ0n) is 8.49. The molecule has 0 bridgehead atoms. The molecule has 0 amide bonds. The number of hydrogen-bond acceptors (Lipinski definition) is 3. The zero-order valence-corrected chi connectivity index (χ0v) is 9.31. The van der Waals surface area contributed by atoms with Gasteiger partial charge in [-0.25, -0.2) is 8.42 Å². The third kappa shape index (κ3) is 11.2. The summed E-state index contributed by atoms with van der Waals surface area (Å²) >= 11 is 0. The molecule has 83 valence electrons. The maximum Gasteiger partial charge on any atom is 0.207 e. The summed E-state index contributed by atoms with van der Waals surface area (Å²) in [4.78, 5) is 0. The second-order valence-corrected chi connectivity index (χ2v) is 5.57. The van der Waals surface area contributed by atoms with Crippen LogP contribution in [0.4, 0.5) is 0 Å². The van der Waals surface area contributed by atoms with Crippen molar-refractivity contribution in [3.05, 3.63) is 0 Å². The van der Waals surface area contributed by atoms with E-state index in [-0.39, 0.29) is 11.7 Å². The molecule has 14 heavy (non-hydrogen) atoms. The highest BCUT2D eigenvalue weighted by Crippen LogP contribution is 2.01. The van der Waals surface area contributed by atoms with Crippen LogP contribution in [0.2, 0.25) is 0 Å². The molecule has 0 aliphatic rings. The largest absolute Gasteiger partial charge is 0.369 e. The number of rotatable bonds is 7. The van der Waals surface area contributed by atoms with Gasteiger partial charge in [0.1, 0.15) is 9.84 Å². The lowest BCUT2D eigenvalue weighted by atomic mass is 10.2. The van der Waals surface area contributed by atoms with E-state index >= 15 is 0 Å². The van der Waals surface area contributed by atoms with Crippen molar-refractivity contribution in [2.45, 2.75) is 25.7 Å². The predicted molar refractivity (Wildman–Crippen MR) is 57.1 cm³/mol. The average Bonchev–Trinajstić information content (AvgIpc) is 2.00. The van der Waals surface area contributed by atoms with Gasteiger partial charge in [0.2, 0.25) is 5.96 Å². The van der Waals surface area contributed by atoms with E-state index in [4.69, 9.17) is 11.1 Å². The van der Waals surface area contributed by atoms with Crippen LogP contribution in [0.5, 0.6) is 0 Å². The first-order chi connectivity index (χ1) is 6.42. The Labute approximate surface area is 85.5 Å². The minimum Gasteiger partial charge on any atom is -0.369 e. The minimum atomic E-state index is -2.81. The van der Waals surface area contributed by atoms with Crippen LogP contribution in [0.3, 0.4) is 0 Å². The van der Waals surface area contributed by atoms with E-state index in [9.17, 15) is 8.42 Å². The molecule has 0 saturated heterocycles. The lowest BCUT2D eigenvalue weighted by Gasteiger charge is -2.00. The Hall–Kier alpha value is -0.780. The van der Waals surface area contributed by atoms with Gasteiger partial charge in [-0.1, -0.05) is 12.8 Å². The molecule has 1 radical (unpaired) electrons. The predicted octanol–water partition coefficient (Wildman–Crippen LogP) is 0.0893. The van der Waals surface area contributed by atoms with Crippen LogP contribution in [0.25, 0.3) is 0 Å². The molecular weight excluding hydrogens is 202 g/mol. The zero-order chi connectivity index (χ0) is 11.0. The first kappa shape index (κ1) is 13.2. The molecule has 0 unspecified atom stereocenters. The maximum atomic E-state index is 10.7. The van der Waals surface area contributed by atoms with Gasteiger partial charge < -0.3 is 5.73 Å². The van der Waals surface area contributed by atoms with E-state index in [2.05, 4.69) is 5.32 Å². The quantitative estimate of drug-likeness (QED) is 0.361. The summed E-state index contributed by atoms with van der Waals surface area (Å²) in [6.45, 7) is 0.564. The molecule has 0 fully saturated rings. The van der Waals surface area contributed by atoms with Crippen molar-refractivity contribution in [1.82, 2.24) is 5.32 Å². The Morgan fingerprint density at radius 2 is 1.86 bits per heavy atom. The summed E-state index contributed by atoms with van der Waals surface area (Å²) < 4.78 is 21.5. The molecule has 0 aromatic heterocycles. The van der Waals surface area contributed by atoms with E-state index in [0.29, 0.717) is 13.0 Å². The number of hydrogen-bond donors (Lipinski definition) is 2. The fraction of sp³-hybridized carbons (Fsp3) is 0.875. The number of sulfone groups is 1. The monoisotopic (exact) mass is 220 g/mol. The van der Waals surface area contributed by atoms with Gasteiger partial charge in [0.05, 0.1) is 0 Å². The fourth-order valence-corrected chi connectivity index (χ4v) is 1.76. The molecule has 0 aromatic carbocycles. The Bertz CT molecular complexity index is 262. The average molecular weight is 220 g/mol. The first-order valence-corrected chi connectivity index (χ1v) is 6.67. The van der Waals surface area contributed by atoms with E-state index in [0.717, 1.165) is 19.3 Å². The highest BCUT2D eigenvalue weighted by molar-refractivity contribution is 7.90. The molecule has 3 N–H and O–H groups in total. The molecule has 0 atom stereocenters. The van der Waals surface area contributed by atoms with Crippen molar-refractivity contribution < 1.29 is 8.42 Å². The van der Waals surface area contributed by atoms with Gasteiger partial charge in [0.25, 0.3) is 0 Å². The number of nitrogens with zero attached hydrogens (tertiary/aromatic N) is 1. The Balaban J connectivity index is 3.19. The Morgan fingerprint density at radius 1 is 1.29 bits per heavy atom. The summed E-state index contributed by atoms with van der Waals surface area (Å²) in [5, 5.41) is 10.5. The van der Waals surface area contributed by atoms with Crippen LogP contribution < -0.4 is 11.1 Å². The van der Waals surface area contributed by atoms with Gasteiger partial charge in [0.15, 0.2) is 0 Å². The Morgan fingerprint density at radius 3 is 2.36 bits per heavy atom. The molecular formula is C8H18N3O2S. The standard InChI is InChI=1S/C8H18N3O2S/c1-14(12,13)7-5-3-2-4-6-11-8(9)10/h2-7H2,1H3,(H3,9,10). The van der Waals surface area contributed by atoms with Gasteiger partial charge >= 0.3 is 0 Å². The lowest BCUT2D eigenvalue weighted by Crippen LogP contribution is -2.24. The molecule has 0 heterocycles. The van der Waals surface area contributed by atoms with Gasteiger partial charge in [0, 0.05) is 18.6 Å². The van der Waals surface area contributed by atoms with Crippen molar-refractivity contribution in [2.75, 3.05) is 18.6 Å². The summed E-state index contributed by atoms with van der Waals surface area (Å²) in [6, 6.07) is 0. The number of nitrogens with one attached hydrogen (secondary N) is 1. The molecule has 0 aliphatic carbocycles. The highest BCUT2D eigenvalue weighted by Gasteiger charge is 2.00. The van der Waals surface area contributed by atoms with Crippen LogP contribution in [0.1, 0.15) is 25.7 Å². The summed E-state index contributed by atoms with van der Waals surface area (Å²) in [5.41, 5.74) is 5.03. The fourth-order valence-electron chi connectivity index (χ4n) is 1.03. The van der Waals surface area contributed by atoms with Gasteiger partial charge in [-0.3, -0.25) is 10.7 Å². The Kier molecular flexibility index (Phi) is 6.27. The second-order valence-electron chi connectivity index (χ2n) is 3.31. The van der Waals surface area contributed by atoms with Crippen LogP contribution in [0.15, 0.2) is 0 Å². The van der Waals surface area contributed by atoms with E-state index in [1.807, 2.05) is 0 Å². The molecule has 0 saturated carbocycles. The van der Waals surface area contributed by atoms with E-state index < -0.39 is 9.84 Å². The van der Waals surface area contributed by atoms with E-state index in [1.54, 1.807) is 0 Å². The number of guanidine groups is 1. The lowest BCUT2D eigenvalue weighted by molar-refractivity contribution is 0.592. The number of unbranched alkanes of at least 4 members (excludes halogenated alkanes) is 3. The summed E-state index contributed by atoms with van der Waals surface area (Å²) in [5.74, 6) is 0.123. The van der Waals surface area contributed by atoms with Crippen LogP contribution in [0, 0.1) is 5.41 Å². The normalized spacial score (nSPS) is 11.2.